The number of anilines is 2. The van der Waals surface area contributed by atoms with Crippen molar-refractivity contribution in [2.24, 2.45) is 5.92 Å². The number of aliphatic hydroxyl groups is 1. The van der Waals surface area contributed by atoms with Crippen molar-refractivity contribution >= 4 is 23.0 Å². The molecule has 2 fully saturated rings. The van der Waals surface area contributed by atoms with Gasteiger partial charge in [-0.3, -0.25) is 4.90 Å². The van der Waals surface area contributed by atoms with Crippen LogP contribution in [0.3, 0.4) is 0 Å². The molecule has 0 amide bonds. The van der Waals surface area contributed by atoms with E-state index in [2.05, 4.69) is 42.6 Å². The Labute approximate surface area is 164 Å². The number of rotatable bonds is 5. The summed E-state index contributed by atoms with van der Waals surface area (Å²) in [4.78, 5) is 20.6. The fourth-order valence-corrected chi connectivity index (χ4v) is 4.77. The highest BCUT2D eigenvalue weighted by Crippen LogP contribution is 2.26. The van der Waals surface area contributed by atoms with Crippen LogP contribution in [0.1, 0.15) is 30.8 Å². The van der Waals surface area contributed by atoms with Crippen LogP contribution in [0.15, 0.2) is 24.0 Å². The number of aliphatic hydroxyl groups excluding tert-OH is 1. The van der Waals surface area contributed by atoms with E-state index in [1.807, 2.05) is 11.6 Å². The molecule has 1 N–H and O–H groups in total. The Kier molecular flexibility index (Phi) is 5.85. The maximum absolute atomic E-state index is 9.48. The van der Waals surface area contributed by atoms with E-state index in [1.165, 1.54) is 5.01 Å². The maximum Gasteiger partial charge on any atom is 0.134 e. The summed E-state index contributed by atoms with van der Waals surface area (Å²) in [5.41, 5.74) is 0. The third-order valence-electron chi connectivity index (χ3n) is 5.73. The summed E-state index contributed by atoms with van der Waals surface area (Å²) in [5, 5.41) is 12.7. The molecule has 2 aromatic heterocycles. The van der Waals surface area contributed by atoms with Crippen molar-refractivity contribution in [2.45, 2.75) is 25.8 Å². The maximum atomic E-state index is 9.48. The first-order chi connectivity index (χ1) is 13.2. The third kappa shape index (κ3) is 4.23. The van der Waals surface area contributed by atoms with Crippen LogP contribution >= 0.6 is 11.3 Å². The first-order valence-corrected chi connectivity index (χ1v) is 10.7. The second-order valence-corrected chi connectivity index (χ2v) is 8.37. The van der Waals surface area contributed by atoms with Gasteiger partial charge in [-0.15, -0.1) is 11.3 Å². The lowest BCUT2D eigenvalue weighted by Crippen LogP contribution is -2.47. The van der Waals surface area contributed by atoms with E-state index in [0.29, 0.717) is 12.0 Å². The summed E-state index contributed by atoms with van der Waals surface area (Å²) < 4.78 is 0. The van der Waals surface area contributed by atoms with Crippen molar-refractivity contribution in [2.75, 3.05) is 55.7 Å². The Morgan fingerprint density at radius 3 is 2.59 bits per heavy atom. The zero-order valence-electron chi connectivity index (χ0n) is 15.9. The van der Waals surface area contributed by atoms with E-state index >= 15 is 0 Å². The molecule has 2 atom stereocenters. The van der Waals surface area contributed by atoms with E-state index in [1.54, 1.807) is 17.7 Å². The van der Waals surface area contributed by atoms with Crippen LogP contribution in [0.5, 0.6) is 0 Å². The molecule has 146 valence electrons. The molecule has 0 saturated carbocycles. The molecular weight excluding hydrogens is 360 g/mol. The minimum Gasteiger partial charge on any atom is -0.396 e. The molecule has 0 aliphatic carbocycles. The SMILES string of the molecule is CC(c1nccs1)N1CCN(c2cc(N3CCCC(CO)C3)ncn2)CC1. The van der Waals surface area contributed by atoms with Gasteiger partial charge in [-0.25, -0.2) is 15.0 Å². The molecule has 27 heavy (non-hydrogen) atoms. The number of piperidine rings is 1. The van der Waals surface area contributed by atoms with Gasteiger partial charge in [-0.05, 0) is 25.7 Å². The van der Waals surface area contributed by atoms with Gasteiger partial charge < -0.3 is 14.9 Å². The molecule has 4 heterocycles. The van der Waals surface area contributed by atoms with Gasteiger partial charge in [0.05, 0.1) is 6.04 Å². The fraction of sp³-hybridized carbons (Fsp3) is 0.632. The van der Waals surface area contributed by atoms with E-state index in [-0.39, 0.29) is 6.61 Å². The molecule has 0 spiro atoms. The molecule has 2 aliphatic rings. The first kappa shape index (κ1) is 18.6. The van der Waals surface area contributed by atoms with Gasteiger partial charge in [-0.1, -0.05) is 0 Å². The van der Waals surface area contributed by atoms with Gasteiger partial charge in [-0.2, -0.15) is 0 Å². The van der Waals surface area contributed by atoms with Crippen molar-refractivity contribution in [3.63, 3.8) is 0 Å². The van der Waals surface area contributed by atoms with Crippen molar-refractivity contribution in [1.29, 1.82) is 0 Å². The Bertz CT molecular complexity index is 719. The van der Waals surface area contributed by atoms with Crippen LogP contribution in [0.4, 0.5) is 11.6 Å². The zero-order valence-corrected chi connectivity index (χ0v) is 16.7. The van der Waals surface area contributed by atoms with E-state index in [9.17, 15) is 5.11 Å². The summed E-state index contributed by atoms with van der Waals surface area (Å²) in [7, 11) is 0. The average molecular weight is 389 g/mol. The monoisotopic (exact) mass is 388 g/mol. The van der Waals surface area contributed by atoms with Gasteiger partial charge in [0.15, 0.2) is 0 Å². The Balaban J connectivity index is 1.38. The van der Waals surface area contributed by atoms with Gasteiger partial charge >= 0.3 is 0 Å². The summed E-state index contributed by atoms with van der Waals surface area (Å²) >= 11 is 1.73. The number of piperazine rings is 1. The third-order valence-corrected chi connectivity index (χ3v) is 6.68. The van der Waals surface area contributed by atoms with Crippen LogP contribution in [-0.2, 0) is 0 Å². The predicted octanol–water partition coefficient (Wildman–Crippen LogP) is 2.02. The van der Waals surface area contributed by atoms with Crippen molar-refractivity contribution in [1.82, 2.24) is 19.9 Å². The molecule has 2 saturated heterocycles. The second-order valence-electron chi connectivity index (χ2n) is 7.44. The van der Waals surface area contributed by atoms with Crippen LogP contribution in [0.2, 0.25) is 0 Å². The second kappa shape index (κ2) is 8.50. The zero-order chi connectivity index (χ0) is 18.6. The highest BCUT2D eigenvalue weighted by atomic mass is 32.1. The number of hydrogen-bond acceptors (Lipinski definition) is 8. The van der Waals surface area contributed by atoms with Crippen LogP contribution in [-0.4, -0.2) is 70.8 Å². The number of thiazole rings is 1. The summed E-state index contributed by atoms with van der Waals surface area (Å²) in [6, 6.07) is 2.48. The summed E-state index contributed by atoms with van der Waals surface area (Å²) in [6.45, 7) is 8.33. The molecule has 2 aliphatic heterocycles. The Morgan fingerprint density at radius 2 is 1.89 bits per heavy atom. The van der Waals surface area contributed by atoms with Gasteiger partial charge in [0.2, 0.25) is 0 Å². The summed E-state index contributed by atoms with van der Waals surface area (Å²) in [6.07, 6.45) is 5.77. The van der Waals surface area contributed by atoms with Crippen molar-refractivity contribution < 1.29 is 5.11 Å². The molecule has 7 nitrogen and oxygen atoms in total. The minimum atomic E-state index is 0.258. The lowest BCUT2D eigenvalue weighted by Gasteiger charge is -2.38. The molecule has 8 heteroatoms. The Hall–Kier alpha value is -1.77. The van der Waals surface area contributed by atoms with Gasteiger partial charge in [0, 0.05) is 63.5 Å². The highest BCUT2D eigenvalue weighted by molar-refractivity contribution is 7.09. The predicted molar refractivity (Wildman–Crippen MR) is 108 cm³/mol. The van der Waals surface area contributed by atoms with E-state index in [0.717, 1.165) is 63.7 Å². The smallest absolute Gasteiger partial charge is 0.134 e. The first-order valence-electron chi connectivity index (χ1n) is 9.81. The minimum absolute atomic E-state index is 0.258. The van der Waals surface area contributed by atoms with Crippen molar-refractivity contribution in [3.8, 4) is 0 Å². The highest BCUT2D eigenvalue weighted by Gasteiger charge is 2.25. The standard InChI is InChI=1S/C19H28N6OS/c1-15(19-20-4-10-27-19)23-6-8-24(9-7-23)17-11-18(22-14-21-17)25-5-2-3-16(12-25)13-26/h4,10-11,14-16,26H,2-3,5-9,12-13H2,1H3. The van der Waals surface area contributed by atoms with Crippen LogP contribution in [0, 0.1) is 5.92 Å². The topological polar surface area (TPSA) is 68.6 Å². The largest absolute Gasteiger partial charge is 0.396 e. The van der Waals surface area contributed by atoms with E-state index in [4.69, 9.17) is 0 Å². The van der Waals surface area contributed by atoms with E-state index < -0.39 is 0 Å². The average Bonchev–Trinajstić information content (AvgIpc) is 3.28. The van der Waals surface area contributed by atoms with Gasteiger partial charge in [0.1, 0.15) is 23.0 Å². The normalized spacial score (nSPS) is 22.8. The van der Waals surface area contributed by atoms with Gasteiger partial charge in [0.25, 0.3) is 0 Å². The lowest BCUT2D eigenvalue weighted by molar-refractivity contribution is 0.198. The molecule has 0 radical (unpaired) electrons. The molecule has 2 unspecified atom stereocenters. The Morgan fingerprint density at radius 1 is 1.11 bits per heavy atom. The number of hydrogen-bond donors (Lipinski definition) is 1. The molecule has 2 aromatic rings. The number of nitrogens with zero attached hydrogens (tertiary/aromatic N) is 6. The van der Waals surface area contributed by atoms with Crippen molar-refractivity contribution in [3.05, 3.63) is 29.0 Å². The molecule has 0 aromatic carbocycles. The fourth-order valence-electron chi connectivity index (χ4n) is 4.04. The summed E-state index contributed by atoms with van der Waals surface area (Å²) in [5.74, 6) is 2.34. The quantitative estimate of drug-likeness (QED) is 0.840. The molecular formula is C19H28N6OS. The number of aromatic nitrogens is 3. The van der Waals surface area contributed by atoms with Crippen LogP contribution in [0.25, 0.3) is 0 Å². The molecule has 4 rings (SSSR count). The lowest BCUT2D eigenvalue weighted by atomic mass is 9.99. The molecule has 0 bridgehead atoms. The van der Waals surface area contributed by atoms with Crippen LogP contribution < -0.4 is 9.80 Å².